The third kappa shape index (κ3) is 4.41. The van der Waals surface area contributed by atoms with Crippen LogP contribution >= 0.6 is 10.0 Å². The zero-order valence-corrected chi connectivity index (χ0v) is 5.93. The fourth-order valence-corrected chi connectivity index (χ4v) is 0. The molecular formula is C4H13BS. The van der Waals surface area contributed by atoms with Crippen LogP contribution in [-0.2, 0) is 0 Å². The van der Waals surface area contributed by atoms with Crippen LogP contribution in [0.5, 0.6) is 0 Å². The molecule has 0 aromatic rings. The normalized spacial score (nSPS) is 14.5. The van der Waals surface area contributed by atoms with Crippen LogP contribution < -0.4 is 0 Å². The minimum absolute atomic E-state index is 0.162. The Hall–Kier alpha value is 0.415. The molecule has 0 aromatic carbocycles. The van der Waals surface area contributed by atoms with Gasteiger partial charge < -0.3 is 0 Å². The van der Waals surface area contributed by atoms with Crippen LogP contribution in [0.4, 0.5) is 0 Å². The zero-order valence-electron chi connectivity index (χ0n) is 5.12. The number of hydrogen-bond donors (Lipinski definition) is 0. The van der Waals surface area contributed by atoms with Crippen molar-refractivity contribution in [2.45, 2.75) is 0 Å². The van der Waals surface area contributed by atoms with Gasteiger partial charge in [-0.2, -0.15) is 0 Å². The molecule has 0 heterocycles. The molecular weight excluding hydrogens is 90.9 g/mol. The first-order valence-corrected chi connectivity index (χ1v) is 5.25. The van der Waals surface area contributed by atoms with Crippen molar-refractivity contribution in [3.8, 4) is 0 Å². The lowest BCUT2D eigenvalue weighted by Crippen LogP contribution is -1.96. The van der Waals surface area contributed by atoms with Crippen LogP contribution in [0.2, 0.25) is 0 Å². The van der Waals surface area contributed by atoms with Crippen molar-refractivity contribution >= 4 is 17.9 Å². The van der Waals surface area contributed by atoms with Crippen molar-refractivity contribution in [3.05, 3.63) is 0 Å². The molecule has 0 saturated heterocycles. The van der Waals surface area contributed by atoms with Crippen molar-refractivity contribution in [3.63, 3.8) is 0 Å². The minimum atomic E-state index is -0.162. The average molecular weight is 104 g/mol. The lowest BCUT2D eigenvalue weighted by atomic mass is 10.2. The van der Waals surface area contributed by atoms with E-state index in [1.807, 2.05) is 0 Å². The second-order valence-electron chi connectivity index (χ2n) is 2.38. The predicted octanol–water partition coefficient (Wildman–Crippen LogP) is 0.271. The Balaban J connectivity index is 3.17. The summed E-state index contributed by atoms with van der Waals surface area (Å²) < 4.78 is 0. The quantitative estimate of drug-likeness (QED) is 0.419. The zero-order chi connectivity index (χ0) is 5.21. The minimum Gasteiger partial charge on any atom is -0.257 e. The van der Waals surface area contributed by atoms with Gasteiger partial charge in [-0.1, -0.05) is 5.65 Å². The summed E-state index contributed by atoms with van der Waals surface area (Å²) in [6.07, 6.45) is 6.98. The van der Waals surface area contributed by atoms with E-state index in [2.05, 4.69) is 26.6 Å². The maximum absolute atomic E-state index is 2.33. The van der Waals surface area contributed by atoms with Gasteiger partial charge >= 0.3 is 0 Å². The van der Waals surface area contributed by atoms with Crippen molar-refractivity contribution in [1.82, 2.24) is 0 Å². The first kappa shape index (κ1) is 6.41. The van der Waals surface area contributed by atoms with Crippen molar-refractivity contribution < 1.29 is 0 Å². The molecule has 0 nitrogen and oxygen atoms in total. The molecule has 0 saturated carbocycles. The first-order valence-electron chi connectivity index (χ1n) is 2.22. The molecule has 0 rings (SSSR count). The molecule has 0 aromatic heterocycles. The Kier molecular flexibility index (Phi) is 2.05. The van der Waals surface area contributed by atoms with Gasteiger partial charge in [0.05, 0.1) is 0 Å². The third-order valence-electron chi connectivity index (χ3n) is 0.866. The summed E-state index contributed by atoms with van der Waals surface area (Å²) in [4.78, 5) is 0. The van der Waals surface area contributed by atoms with Crippen LogP contribution in [0.1, 0.15) is 0 Å². The topological polar surface area (TPSA) is 0 Å². The first-order chi connectivity index (χ1) is 2.56. The maximum Gasteiger partial charge on any atom is 0.112 e. The van der Waals surface area contributed by atoms with E-state index >= 15 is 0 Å². The highest BCUT2D eigenvalue weighted by atomic mass is 32.3. The third-order valence-corrected chi connectivity index (χ3v) is 2.60. The van der Waals surface area contributed by atoms with E-state index in [9.17, 15) is 0 Å². The van der Waals surface area contributed by atoms with Gasteiger partial charge in [-0.05, 0) is 18.8 Å². The van der Waals surface area contributed by atoms with Crippen molar-refractivity contribution in [2.75, 3.05) is 24.4 Å². The second kappa shape index (κ2) is 1.92. The fraction of sp³-hybridized carbons (Fsp3) is 1.00. The highest BCUT2D eigenvalue weighted by molar-refractivity contribution is 8.32. The van der Waals surface area contributed by atoms with Gasteiger partial charge in [0.1, 0.15) is 7.85 Å². The summed E-state index contributed by atoms with van der Waals surface area (Å²) in [5.74, 6) is 0. The SMILES string of the molecule is BCS(C)(C)C. The Bertz CT molecular complexity index is 37.3. The second-order valence-corrected chi connectivity index (χ2v) is 7.14. The summed E-state index contributed by atoms with van der Waals surface area (Å²) >= 11 is 0. The van der Waals surface area contributed by atoms with E-state index in [4.69, 9.17) is 0 Å². The molecule has 0 aliphatic rings. The van der Waals surface area contributed by atoms with Gasteiger partial charge in [0.15, 0.2) is 0 Å². The van der Waals surface area contributed by atoms with E-state index in [0.29, 0.717) is 0 Å². The van der Waals surface area contributed by atoms with Crippen molar-refractivity contribution in [2.24, 2.45) is 0 Å². The number of rotatable bonds is 1. The van der Waals surface area contributed by atoms with Gasteiger partial charge in [-0.15, -0.1) is 0 Å². The molecule has 0 aliphatic carbocycles. The van der Waals surface area contributed by atoms with E-state index < -0.39 is 0 Å². The van der Waals surface area contributed by atoms with Crippen LogP contribution in [-0.4, -0.2) is 32.3 Å². The molecule has 0 bridgehead atoms. The van der Waals surface area contributed by atoms with Crippen LogP contribution in [0.3, 0.4) is 0 Å². The van der Waals surface area contributed by atoms with E-state index in [0.717, 1.165) is 0 Å². The van der Waals surface area contributed by atoms with Gasteiger partial charge in [0.25, 0.3) is 0 Å². The highest BCUT2D eigenvalue weighted by Crippen LogP contribution is 2.31. The molecule has 0 spiro atoms. The van der Waals surface area contributed by atoms with E-state index in [-0.39, 0.29) is 10.0 Å². The largest absolute Gasteiger partial charge is 0.257 e. The summed E-state index contributed by atoms with van der Waals surface area (Å²) in [6.45, 7) is 0. The standard InChI is InChI=1S/C4H13BS/c1-6(2,3)4-5/h4-5H2,1-3H3. The Morgan fingerprint density at radius 3 is 1.50 bits per heavy atom. The lowest BCUT2D eigenvalue weighted by Gasteiger charge is -2.21. The Morgan fingerprint density at radius 2 is 1.50 bits per heavy atom. The van der Waals surface area contributed by atoms with Gasteiger partial charge in [-0.3, -0.25) is 10.0 Å². The Labute approximate surface area is 43.0 Å². The summed E-state index contributed by atoms with van der Waals surface area (Å²) in [5.41, 5.74) is 1.35. The molecule has 0 aliphatic heterocycles. The summed E-state index contributed by atoms with van der Waals surface area (Å²) in [6, 6.07) is 0. The number of hydrogen-bond acceptors (Lipinski definition) is 0. The van der Waals surface area contributed by atoms with Crippen LogP contribution in [0.25, 0.3) is 0 Å². The molecule has 0 N–H and O–H groups in total. The molecule has 0 radical (unpaired) electrons. The Morgan fingerprint density at radius 1 is 1.33 bits per heavy atom. The van der Waals surface area contributed by atoms with Gasteiger partial charge in [0, 0.05) is 0 Å². The molecule has 0 unspecified atom stereocenters. The molecule has 6 heavy (non-hydrogen) atoms. The molecule has 2 heteroatoms. The highest BCUT2D eigenvalue weighted by Gasteiger charge is 1.95. The fourth-order valence-electron chi connectivity index (χ4n) is 0. The maximum atomic E-state index is 2.33. The average Bonchev–Trinajstić information content (AvgIpc) is 1.35. The lowest BCUT2D eigenvalue weighted by molar-refractivity contribution is 1.96. The molecule has 38 valence electrons. The predicted molar refractivity (Wildman–Crippen MR) is 38.8 cm³/mol. The monoisotopic (exact) mass is 104 g/mol. The van der Waals surface area contributed by atoms with Gasteiger partial charge in [0.2, 0.25) is 0 Å². The molecule has 0 fully saturated rings. The van der Waals surface area contributed by atoms with E-state index in [1.54, 1.807) is 0 Å². The van der Waals surface area contributed by atoms with Crippen LogP contribution in [0, 0.1) is 0 Å². The van der Waals surface area contributed by atoms with E-state index in [1.165, 1.54) is 5.65 Å². The smallest absolute Gasteiger partial charge is 0.112 e. The summed E-state index contributed by atoms with van der Waals surface area (Å²) in [5, 5.41) is 0. The summed E-state index contributed by atoms with van der Waals surface area (Å²) in [7, 11) is 2.08. The molecule has 0 amide bonds. The van der Waals surface area contributed by atoms with Gasteiger partial charge in [-0.25, -0.2) is 0 Å². The van der Waals surface area contributed by atoms with Crippen LogP contribution in [0.15, 0.2) is 0 Å². The van der Waals surface area contributed by atoms with Crippen molar-refractivity contribution in [1.29, 1.82) is 0 Å². The molecule has 0 atom stereocenters.